The standard InChI is InChI=1S/C13H11F3N2S/c14-10-5-11(15)13(17-12(10)16)18(9-1-2-9)6-8-3-4-19-7-8/h3-5,7,9H,1-2,6H2. The largest absolute Gasteiger partial charge is 0.347 e. The molecular formula is C13H11F3N2S. The maximum atomic E-state index is 13.8. The summed E-state index contributed by atoms with van der Waals surface area (Å²) < 4.78 is 39.9. The van der Waals surface area contributed by atoms with Crippen LogP contribution in [0.25, 0.3) is 0 Å². The Morgan fingerprint density at radius 2 is 2.05 bits per heavy atom. The summed E-state index contributed by atoms with van der Waals surface area (Å²) in [5.41, 5.74) is 1.02. The molecule has 1 fully saturated rings. The number of hydrogen-bond donors (Lipinski definition) is 0. The molecule has 0 saturated heterocycles. The molecule has 1 aliphatic rings. The zero-order valence-corrected chi connectivity index (χ0v) is 10.8. The highest BCUT2D eigenvalue weighted by atomic mass is 32.1. The van der Waals surface area contributed by atoms with E-state index in [9.17, 15) is 13.2 Å². The molecule has 1 aliphatic carbocycles. The normalized spacial score (nSPS) is 14.7. The molecular weight excluding hydrogens is 273 g/mol. The molecule has 0 aromatic carbocycles. The van der Waals surface area contributed by atoms with Gasteiger partial charge in [0.1, 0.15) is 0 Å². The predicted octanol–water partition coefficient (Wildman–Crippen LogP) is 3.73. The van der Waals surface area contributed by atoms with Gasteiger partial charge in [-0.15, -0.1) is 0 Å². The number of pyridine rings is 1. The van der Waals surface area contributed by atoms with Crippen molar-refractivity contribution in [3.05, 3.63) is 46.0 Å². The van der Waals surface area contributed by atoms with Crippen LogP contribution in [0.1, 0.15) is 18.4 Å². The Bertz CT molecular complexity index is 582. The monoisotopic (exact) mass is 284 g/mol. The van der Waals surface area contributed by atoms with Crippen LogP contribution in [0.4, 0.5) is 19.0 Å². The van der Waals surface area contributed by atoms with Crippen LogP contribution < -0.4 is 4.90 Å². The van der Waals surface area contributed by atoms with Crippen LogP contribution in [-0.2, 0) is 6.54 Å². The average Bonchev–Trinajstić information content (AvgIpc) is 3.09. The highest BCUT2D eigenvalue weighted by Gasteiger charge is 2.32. The predicted molar refractivity (Wildman–Crippen MR) is 67.6 cm³/mol. The minimum atomic E-state index is -1.26. The molecule has 0 unspecified atom stereocenters. The SMILES string of the molecule is Fc1cc(F)c(N(Cc2ccsc2)C2CC2)nc1F. The lowest BCUT2D eigenvalue weighted by atomic mass is 10.3. The minimum Gasteiger partial charge on any atom is -0.347 e. The van der Waals surface area contributed by atoms with Crippen LogP contribution in [-0.4, -0.2) is 11.0 Å². The fraction of sp³-hybridized carbons (Fsp3) is 0.308. The molecule has 2 aromatic rings. The minimum absolute atomic E-state index is 0.104. The molecule has 3 rings (SSSR count). The molecule has 100 valence electrons. The Kier molecular flexibility index (Phi) is 3.18. The van der Waals surface area contributed by atoms with E-state index >= 15 is 0 Å². The maximum Gasteiger partial charge on any atom is 0.251 e. The Balaban J connectivity index is 1.94. The fourth-order valence-electron chi connectivity index (χ4n) is 1.98. The molecule has 2 aromatic heterocycles. The lowest BCUT2D eigenvalue weighted by Gasteiger charge is -2.23. The molecule has 1 saturated carbocycles. The zero-order valence-electron chi connectivity index (χ0n) is 9.94. The van der Waals surface area contributed by atoms with E-state index in [1.807, 2.05) is 16.8 Å². The van der Waals surface area contributed by atoms with E-state index in [-0.39, 0.29) is 11.9 Å². The number of anilines is 1. The van der Waals surface area contributed by atoms with Crippen LogP contribution in [0.3, 0.4) is 0 Å². The average molecular weight is 284 g/mol. The summed E-state index contributed by atoms with van der Waals surface area (Å²) in [5, 5.41) is 3.88. The first-order valence-electron chi connectivity index (χ1n) is 5.94. The van der Waals surface area contributed by atoms with E-state index in [1.54, 1.807) is 16.2 Å². The second-order valence-electron chi connectivity index (χ2n) is 4.56. The van der Waals surface area contributed by atoms with Crippen molar-refractivity contribution in [3.63, 3.8) is 0 Å². The molecule has 6 heteroatoms. The van der Waals surface area contributed by atoms with Crippen molar-refractivity contribution in [2.45, 2.75) is 25.4 Å². The molecule has 2 nitrogen and oxygen atoms in total. The van der Waals surface area contributed by atoms with Crippen molar-refractivity contribution in [3.8, 4) is 0 Å². The van der Waals surface area contributed by atoms with Gasteiger partial charge in [-0.2, -0.15) is 20.7 Å². The topological polar surface area (TPSA) is 16.1 Å². The Morgan fingerprint density at radius 1 is 1.26 bits per heavy atom. The zero-order chi connectivity index (χ0) is 13.4. The van der Waals surface area contributed by atoms with Crippen LogP contribution in [0, 0.1) is 17.6 Å². The molecule has 0 atom stereocenters. The first kappa shape index (κ1) is 12.5. The summed E-state index contributed by atoms with van der Waals surface area (Å²) in [6.07, 6.45) is 1.84. The molecule has 0 aliphatic heterocycles. The van der Waals surface area contributed by atoms with Crippen molar-refractivity contribution < 1.29 is 13.2 Å². The summed E-state index contributed by atoms with van der Waals surface area (Å²) in [4.78, 5) is 5.14. The third-order valence-corrected chi connectivity index (χ3v) is 3.79. The molecule has 0 amide bonds. The van der Waals surface area contributed by atoms with E-state index in [0.29, 0.717) is 12.6 Å². The highest BCUT2D eigenvalue weighted by molar-refractivity contribution is 7.07. The van der Waals surface area contributed by atoms with Crippen molar-refractivity contribution >= 4 is 17.2 Å². The van der Waals surface area contributed by atoms with E-state index in [4.69, 9.17) is 0 Å². The third-order valence-electron chi connectivity index (χ3n) is 3.06. The summed E-state index contributed by atoms with van der Waals surface area (Å²) >= 11 is 1.54. The van der Waals surface area contributed by atoms with Crippen molar-refractivity contribution in [2.75, 3.05) is 4.90 Å². The van der Waals surface area contributed by atoms with Crippen molar-refractivity contribution in [1.29, 1.82) is 0 Å². The van der Waals surface area contributed by atoms with Gasteiger partial charge in [0.2, 0.25) is 0 Å². The van der Waals surface area contributed by atoms with Gasteiger partial charge in [-0.3, -0.25) is 0 Å². The number of rotatable bonds is 4. The van der Waals surface area contributed by atoms with Gasteiger partial charge in [0.15, 0.2) is 17.5 Å². The first-order valence-corrected chi connectivity index (χ1v) is 6.88. The van der Waals surface area contributed by atoms with Crippen LogP contribution in [0.15, 0.2) is 22.9 Å². The van der Waals surface area contributed by atoms with Gasteiger partial charge in [0.05, 0.1) is 0 Å². The van der Waals surface area contributed by atoms with Crippen molar-refractivity contribution in [2.24, 2.45) is 0 Å². The number of hydrogen-bond acceptors (Lipinski definition) is 3. The lowest BCUT2D eigenvalue weighted by molar-refractivity contribution is 0.462. The smallest absolute Gasteiger partial charge is 0.251 e. The molecule has 0 N–H and O–H groups in total. The Morgan fingerprint density at radius 3 is 2.68 bits per heavy atom. The molecule has 0 spiro atoms. The summed E-state index contributed by atoms with van der Waals surface area (Å²) in [5.74, 6) is -3.44. The van der Waals surface area contributed by atoms with Gasteiger partial charge < -0.3 is 4.90 Å². The van der Waals surface area contributed by atoms with Gasteiger partial charge in [-0.1, -0.05) is 0 Å². The molecule has 2 heterocycles. The van der Waals surface area contributed by atoms with Gasteiger partial charge in [0, 0.05) is 18.7 Å². The molecule has 0 radical (unpaired) electrons. The molecule has 19 heavy (non-hydrogen) atoms. The second kappa shape index (κ2) is 4.85. The second-order valence-corrected chi connectivity index (χ2v) is 5.34. The van der Waals surface area contributed by atoms with E-state index < -0.39 is 17.6 Å². The third kappa shape index (κ3) is 2.58. The summed E-state index contributed by atoms with van der Waals surface area (Å²) in [7, 11) is 0. The lowest BCUT2D eigenvalue weighted by Crippen LogP contribution is -2.27. The number of nitrogens with zero attached hydrogens (tertiary/aromatic N) is 2. The number of halogens is 3. The van der Waals surface area contributed by atoms with Crippen LogP contribution in [0.5, 0.6) is 0 Å². The Hall–Kier alpha value is -1.56. The number of thiophene rings is 1. The van der Waals surface area contributed by atoms with Gasteiger partial charge in [-0.25, -0.2) is 8.78 Å². The highest BCUT2D eigenvalue weighted by Crippen LogP contribution is 2.34. The van der Waals surface area contributed by atoms with Crippen LogP contribution in [0.2, 0.25) is 0 Å². The maximum absolute atomic E-state index is 13.8. The quantitative estimate of drug-likeness (QED) is 0.795. The first-order chi connectivity index (χ1) is 9.15. The Labute approximate surface area is 112 Å². The van der Waals surface area contributed by atoms with E-state index in [1.165, 1.54) is 0 Å². The molecule has 0 bridgehead atoms. The van der Waals surface area contributed by atoms with Crippen molar-refractivity contribution in [1.82, 2.24) is 4.98 Å². The fourth-order valence-corrected chi connectivity index (χ4v) is 2.64. The van der Waals surface area contributed by atoms with E-state index in [0.717, 1.165) is 18.4 Å². The van der Waals surface area contributed by atoms with Gasteiger partial charge in [0.25, 0.3) is 5.95 Å². The summed E-state index contributed by atoms with van der Waals surface area (Å²) in [6.45, 7) is 0.461. The van der Waals surface area contributed by atoms with E-state index in [2.05, 4.69) is 4.98 Å². The van der Waals surface area contributed by atoms with Gasteiger partial charge in [-0.05, 0) is 35.2 Å². The van der Waals surface area contributed by atoms with Gasteiger partial charge >= 0.3 is 0 Å². The number of aromatic nitrogens is 1. The van der Waals surface area contributed by atoms with Crippen LogP contribution >= 0.6 is 11.3 Å². The summed E-state index contributed by atoms with van der Waals surface area (Å²) in [6, 6.07) is 2.64.